The maximum atomic E-state index is 11.8. The van der Waals surface area contributed by atoms with Gasteiger partial charge < -0.3 is 5.32 Å². The fourth-order valence-corrected chi connectivity index (χ4v) is 3.65. The molecule has 1 N–H and O–H groups in total. The molecule has 6 heteroatoms. The average molecular weight is 340 g/mol. The molecule has 0 atom stereocenters. The first-order valence-corrected chi connectivity index (χ1v) is 8.66. The SMILES string of the molecule is CC(C)(C)S(=O)(=O)CCNCc1ccc(Br)s1. The zero-order valence-corrected chi connectivity index (χ0v) is 13.5. The lowest BCUT2D eigenvalue weighted by Crippen LogP contribution is -2.34. The highest BCUT2D eigenvalue weighted by atomic mass is 79.9. The Balaban J connectivity index is 2.34. The molecule has 1 rings (SSSR count). The molecule has 0 aliphatic heterocycles. The van der Waals surface area contributed by atoms with Gasteiger partial charge >= 0.3 is 0 Å². The second-order valence-corrected chi connectivity index (χ2v) is 10.2. The van der Waals surface area contributed by atoms with E-state index < -0.39 is 14.6 Å². The van der Waals surface area contributed by atoms with Crippen molar-refractivity contribution in [1.82, 2.24) is 5.32 Å². The average Bonchev–Trinajstić information content (AvgIpc) is 2.57. The first kappa shape index (κ1) is 15.1. The third kappa shape index (κ3) is 4.69. The third-order valence-corrected chi connectivity index (χ3v) is 6.64. The van der Waals surface area contributed by atoms with Crippen molar-refractivity contribution in [2.75, 3.05) is 12.3 Å². The van der Waals surface area contributed by atoms with E-state index in [4.69, 9.17) is 0 Å². The summed E-state index contributed by atoms with van der Waals surface area (Å²) in [4.78, 5) is 1.20. The Morgan fingerprint density at radius 1 is 1.35 bits per heavy atom. The molecule has 0 spiro atoms. The van der Waals surface area contributed by atoms with Crippen LogP contribution in [0.15, 0.2) is 15.9 Å². The van der Waals surface area contributed by atoms with Gasteiger partial charge in [0.2, 0.25) is 0 Å². The summed E-state index contributed by atoms with van der Waals surface area (Å²) in [5.41, 5.74) is 0. The second kappa shape index (κ2) is 5.82. The first-order chi connectivity index (χ1) is 7.72. The van der Waals surface area contributed by atoms with Crippen molar-refractivity contribution in [3.63, 3.8) is 0 Å². The molecular weight excluding hydrogens is 322 g/mol. The lowest BCUT2D eigenvalue weighted by atomic mass is 10.3. The smallest absolute Gasteiger partial charge is 0.156 e. The quantitative estimate of drug-likeness (QED) is 0.839. The van der Waals surface area contributed by atoms with Crippen LogP contribution in [0.25, 0.3) is 0 Å². The summed E-state index contributed by atoms with van der Waals surface area (Å²) in [5, 5.41) is 3.15. The molecule has 0 radical (unpaired) electrons. The summed E-state index contributed by atoms with van der Waals surface area (Å²) in [6, 6.07) is 4.02. The molecule has 0 aliphatic carbocycles. The number of nitrogens with one attached hydrogen (secondary N) is 1. The van der Waals surface area contributed by atoms with Crippen molar-refractivity contribution < 1.29 is 8.42 Å². The van der Waals surface area contributed by atoms with E-state index in [1.54, 1.807) is 32.1 Å². The zero-order chi connectivity index (χ0) is 13.1. The zero-order valence-electron chi connectivity index (χ0n) is 10.3. The first-order valence-electron chi connectivity index (χ1n) is 5.39. The maximum absolute atomic E-state index is 11.8. The van der Waals surface area contributed by atoms with Crippen LogP contribution in [0.5, 0.6) is 0 Å². The Morgan fingerprint density at radius 3 is 2.47 bits per heavy atom. The third-order valence-electron chi connectivity index (χ3n) is 2.41. The van der Waals surface area contributed by atoms with E-state index in [0.717, 1.165) is 10.3 Å². The van der Waals surface area contributed by atoms with Crippen molar-refractivity contribution in [1.29, 1.82) is 0 Å². The molecule has 0 saturated carbocycles. The number of thiophene rings is 1. The molecule has 0 bridgehead atoms. The van der Waals surface area contributed by atoms with E-state index in [9.17, 15) is 8.42 Å². The maximum Gasteiger partial charge on any atom is 0.156 e. The molecule has 1 aromatic heterocycles. The second-order valence-electron chi connectivity index (χ2n) is 4.81. The number of sulfone groups is 1. The summed E-state index contributed by atoms with van der Waals surface area (Å²) in [5.74, 6) is 0.184. The van der Waals surface area contributed by atoms with Crippen molar-refractivity contribution in [3.05, 3.63) is 20.8 Å². The lowest BCUT2D eigenvalue weighted by molar-refractivity contribution is 0.556. The number of hydrogen-bond acceptors (Lipinski definition) is 4. The molecular formula is C11H18BrNO2S2. The molecule has 0 aliphatic rings. The van der Waals surface area contributed by atoms with Crippen LogP contribution in [0.3, 0.4) is 0 Å². The van der Waals surface area contributed by atoms with Crippen LogP contribution >= 0.6 is 27.3 Å². The number of hydrogen-bond donors (Lipinski definition) is 1. The van der Waals surface area contributed by atoms with E-state index in [-0.39, 0.29) is 5.75 Å². The predicted molar refractivity (Wildman–Crippen MR) is 77.3 cm³/mol. The molecule has 0 amide bonds. The van der Waals surface area contributed by atoms with Crippen LogP contribution in [0.2, 0.25) is 0 Å². The molecule has 1 aromatic rings. The topological polar surface area (TPSA) is 46.2 Å². The molecule has 3 nitrogen and oxygen atoms in total. The number of rotatable bonds is 5. The minimum absolute atomic E-state index is 0.184. The van der Waals surface area contributed by atoms with Gasteiger partial charge in [-0.15, -0.1) is 11.3 Å². The van der Waals surface area contributed by atoms with E-state index >= 15 is 0 Å². The molecule has 0 saturated heterocycles. The minimum Gasteiger partial charge on any atom is -0.311 e. The van der Waals surface area contributed by atoms with Crippen LogP contribution in [-0.2, 0) is 16.4 Å². The fourth-order valence-electron chi connectivity index (χ4n) is 1.17. The Labute approximate surface area is 116 Å². The normalized spacial score (nSPS) is 12.9. The largest absolute Gasteiger partial charge is 0.311 e. The van der Waals surface area contributed by atoms with Crippen molar-refractivity contribution >= 4 is 37.1 Å². The molecule has 0 unspecified atom stereocenters. The highest BCUT2D eigenvalue weighted by Crippen LogP contribution is 2.21. The van der Waals surface area contributed by atoms with E-state index in [1.807, 2.05) is 12.1 Å². The van der Waals surface area contributed by atoms with Crippen molar-refractivity contribution in [2.45, 2.75) is 32.1 Å². The van der Waals surface area contributed by atoms with Gasteiger partial charge in [-0.05, 0) is 48.8 Å². The van der Waals surface area contributed by atoms with Gasteiger partial charge in [-0.3, -0.25) is 0 Å². The van der Waals surface area contributed by atoms with Crippen molar-refractivity contribution in [2.24, 2.45) is 0 Å². The van der Waals surface area contributed by atoms with Gasteiger partial charge in [0.05, 0.1) is 14.3 Å². The van der Waals surface area contributed by atoms with Crippen LogP contribution < -0.4 is 5.32 Å². The summed E-state index contributed by atoms with van der Waals surface area (Å²) in [6.07, 6.45) is 0. The molecule has 1 heterocycles. The molecule has 0 aromatic carbocycles. The Bertz CT molecular complexity index is 460. The highest BCUT2D eigenvalue weighted by molar-refractivity contribution is 9.11. The fraction of sp³-hybridized carbons (Fsp3) is 0.636. The standard InChI is InChI=1S/C11H18BrNO2S2/c1-11(2,3)17(14,15)7-6-13-8-9-4-5-10(12)16-9/h4-5,13H,6-8H2,1-3H3. The van der Waals surface area contributed by atoms with Gasteiger partial charge in [0, 0.05) is 18.0 Å². The monoisotopic (exact) mass is 339 g/mol. The molecule has 17 heavy (non-hydrogen) atoms. The van der Waals surface area contributed by atoms with Gasteiger partial charge in [-0.1, -0.05) is 0 Å². The van der Waals surface area contributed by atoms with Crippen LogP contribution in [-0.4, -0.2) is 25.5 Å². The van der Waals surface area contributed by atoms with E-state index in [0.29, 0.717) is 6.54 Å². The summed E-state index contributed by atoms with van der Waals surface area (Å²) in [7, 11) is -3.02. The highest BCUT2D eigenvalue weighted by Gasteiger charge is 2.27. The lowest BCUT2D eigenvalue weighted by Gasteiger charge is -2.19. The van der Waals surface area contributed by atoms with E-state index in [2.05, 4.69) is 21.2 Å². The number of halogens is 1. The molecule has 98 valence electrons. The van der Waals surface area contributed by atoms with Gasteiger partial charge in [-0.25, -0.2) is 8.42 Å². The van der Waals surface area contributed by atoms with Crippen LogP contribution in [0.1, 0.15) is 25.6 Å². The van der Waals surface area contributed by atoms with Gasteiger partial charge in [-0.2, -0.15) is 0 Å². The molecule has 0 fully saturated rings. The Morgan fingerprint density at radius 2 is 2.00 bits per heavy atom. The van der Waals surface area contributed by atoms with Crippen LogP contribution in [0.4, 0.5) is 0 Å². The summed E-state index contributed by atoms with van der Waals surface area (Å²) in [6.45, 7) is 6.42. The summed E-state index contributed by atoms with van der Waals surface area (Å²) >= 11 is 5.05. The Hall–Kier alpha value is 0.0900. The summed E-state index contributed by atoms with van der Waals surface area (Å²) < 4.78 is 24.1. The van der Waals surface area contributed by atoms with Gasteiger partial charge in [0.25, 0.3) is 0 Å². The van der Waals surface area contributed by atoms with Gasteiger partial charge in [0.15, 0.2) is 9.84 Å². The Kier molecular flexibility index (Phi) is 5.19. The van der Waals surface area contributed by atoms with Gasteiger partial charge in [0.1, 0.15) is 0 Å². The van der Waals surface area contributed by atoms with Crippen molar-refractivity contribution in [3.8, 4) is 0 Å². The van der Waals surface area contributed by atoms with E-state index in [1.165, 1.54) is 4.88 Å². The predicted octanol–water partition coefficient (Wildman–Crippen LogP) is 2.81. The minimum atomic E-state index is -3.02. The van der Waals surface area contributed by atoms with Crippen LogP contribution in [0, 0.1) is 0 Å².